The van der Waals surface area contributed by atoms with E-state index in [9.17, 15) is 14.4 Å². The van der Waals surface area contributed by atoms with Gasteiger partial charge >= 0.3 is 5.69 Å². The molecule has 7 heteroatoms. The van der Waals surface area contributed by atoms with Crippen molar-refractivity contribution in [3.63, 3.8) is 0 Å². The number of anilines is 1. The first-order valence-corrected chi connectivity index (χ1v) is 5.34. The molecule has 1 aromatic heterocycles. The van der Waals surface area contributed by atoms with Crippen molar-refractivity contribution in [1.82, 2.24) is 14.5 Å². The zero-order chi connectivity index (χ0) is 12.6. The van der Waals surface area contributed by atoms with Gasteiger partial charge in [-0.25, -0.2) is 4.79 Å². The predicted molar refractivity (Wildman–Crippen MR) is 61.5 cm³/mol. The van der Waals surface area contributed by atoms with Crippen LogP contribution in [0.3, 0.4) is 0 Å². The van der Waals surface area contributed by atoms with Crippen LogP contribution in [0.1, 0.15) is 12.8 Å². The molecule has 7 nitrogen and oxygen atoms in total. The maximum Gasteiger partial charge on any atom is 0.328 e. The number of H-pyrrole nitrogens is 1. The summed E-state index contributed by atoms with van der Waals surface area (Å²) in [6, 6.07) is 0.290. The van der Waals surface area contributed by atoms with E-state index in [2.05, 4.69) is 4.98 Å². The number of nitrogens with two attached hydrogens (primary N) is 1. The van der Waals surface area contributed by atoms with Gasteiger partial charge in [-0.15, -0.1) is 0 Å². The molecule has 1 aliphatic rings. The summed E-state index contributed by atoms with van der Waals surface area (Å²) in [6.07, 6.45) is 3.20. The van der Waals surface area contributed by atoms with Crippen molar-refractivity contribution in [2.75, 3.05) is 12.8 Å². The minimum atomic E-state index is -0.630. The quantitative estimate of drug-likeness (QED) is 0.686. The van der Waals surface area contributed by atoms with Gasteiger partial charge < -0.3 is 10.6 Å². The molecule has 1 heterocycles. The van der Waals surface area contributed by atoms with E-state index in [0.29, 0.717) is 6.04 Å². The Hall–Kier alpha value is -2.05. The molecule has 3 N–H and O–H groups in total. The van der Waals surface area contributed by atoms with E-state index in [1.54, 1.807) is 11.9 Å². The summed E-state index contributed by atoms with van der Waals surface area (Å²) in [5, 5.41) is 0. The summed E-state index contributed by atoms with van der Waals surface area (Å²) in [5.41, 5.74) is 4.05. The summed E-state index contributed by atoms with van der Waals surface area (Å²) >= 11 is 0. The van der Waals surface area contributed by atoms with Gasteiger partial charge in [-0.3, -0.25) is 19.1 Å². The number of rotatable bonds is 3. The number of carbonyl (C=O) groups is 1. The summed E-state index contributed by atoms with van der Waals surface area (Å²) in [6.45, 7) is -0.104. The Labute approximate surface area is 96.8 Å². The van der Waals surface area contributed by atoms with Crippen molar-refractivity contribution >= 4 is 11.6 Å². The molecular formula is C10H14N4O3. The van der Waals surface area contributed by atoms with Crippen molar-refractivity contribution < 1.29 is 4.79 Å². The molecule has 92 valence electrons. The van der Waals surface area contributed by atoms with Crippen LogP contribution < -0.4 is 17.0 Å². The lowest BCUT2D eigenvalue weighted by molar-refractivity contribution is -0.131. The molecular weight excluding hydrogens is 224 g/mol. The fraction of sp³-hybridized carbons (Fsp3) is 0.500. The monoisotopic (exact) mass is 238 g/mol. The standard InChI is InChI=1S/C10H14N4O3/c1-13(6-2-3-6)8(15)5-14-4-7(11)9(16)12-10(14)17/h4,6H,2-3,5,11H2,1H3,(H,12,16,17). The van der Waals surface area contributed by atoms with Crippen LogP contribution in [0.2, 0.25) is 0 Å². The van der Waals surface area contributed by atoms with Gasteiger partial charge in [-0.05, 0) is 12.8 Å². The molecule has 0 spiro atoms. The largest absolute Gasteiger partial charge is 0.393 e. The van der Waals surface area contributed by atoms with Gasteiger partial charge in [-0.1, -0.05) is 0 Å². The molecule has 17 heavy (non-hydrogen) atoms. The van der Waals surface area contributed by atoms with Crippen molar-refractivity contribution in [2.45, 2.75) is 25.4 Å². The van der Waals surface area contributed by atoms with Crippen LogP contribution in [0.25, 0.3) is 0 Å². The number of nitrogen functional groups attached to an aromatic ring is 1. The highest BCUT2D eigenvalue weighted by Gasteiger charge is 2.29. The highest BCUT2D eigenvalue weighted by atomic mass is 16.2. The van der Waals surface area contributed by atoms with E-state index in [4.69, 9.17) is 5.73 Å². The average Bonchev–Trinajstić information content (AvgIpc) is 3.08. The molecule has 2 rings (SSSR count). The average molecular weight is 238 g/mol. The smallest absolute Gasteiger partial charge is 0.328 e. The Balaban J connectivity index is 2.18. The molecule has 0 saturated heterocycles. The van der Waals surface area contributed by atoms with Crippen molar-refractivity contribution in [3.05, 3.63) is 27.0 Å². The van der Waals surface area contributed by atoms with Gasteiger partial charge in [0.15, 0.2) is 0 Å². The first-order chi connectivity index (χ1) is 7.99. The Morgan fingerprint density at radius 1 is 1.59 bits per heavy atom. The number of amides is 1. The molecule has 1 aliphatic carbocycles. The molecule has 1 fully saturated rings. The van der Waals surface area contributed by atoms with E-state index in [1.807, 2.05) is 0 Å². The van der Waals surface area contributed by atoms with Crippen LogP contribution >= 0.6 is 0 Å². The highest BCUT2D eigenvalue weighted by molar-refractivity contribution is 5.76. The number of carbonyl (C=O) groups excluding carboxylic acids is 1. The van der Waals surface area contributed by atoms with Crippen molar-refractivity contribution in [2.24, 2.45) is 0 Å². The fourth-order valence-electron chi connectivity index (χ4n) is 1.57. The molecule has 0 radical (unpaired) electrons. The zero-order valence-electron chi connectivity index (χ0n) is 9.47. The van der Waals surface area contributed by atoms with Crippen LogP contribution in [0.15, 0.2) is 15.8 Å². The van der Waals surface area contributed by atoms with Crippen molar-refractivity contribution in [3.8, 4) is 0 Å². The molecule has 0 aliphatic heterocycles. The molecule has 0 unspecified atom stereocenters. The Morgan fingerprint density at radius 3 is 2.82 bits per heavy atom. The number of nitrogens with one attached hydrogen (secondary N) is 1. The highest BCUT2D eigenvalue weighted by Crippen LogP contribution is 2.25. The molecule has 1 amide bonds. The summed E-state index contributed by atoms with van der Waals surface area (Å²) in [4.78, 5) is 37.9. The predicted octanol–water partition coefficient (Wildman–Crippen LogP) is -1.26. The lowest BCUT2D eigenvalue weighted by Gasteiger charge is -2.16. The number of nitrogens with zero attached hydrogens (tertiary/aromatic N) is 2. The van der Waals surface area contributed by atoms with Crippen LogP contribution in [0.5, 0.6) is 0 Å². The summed E-state index contributed by atoms with van der Waals surface area (Å²) < 4.78 is 1.11. The van der Waals surface area contributed by atoms with Crippen LogP contribution in [-0.4, -0.2) is 33.4 Å². The maximum atomic E-state index is 11.8. The molecule has 0 atom stereocenters. The third-order valence-corrected chi connectivity index (χ3v) is 2.83. The lowest BCUT2D eigenvalue weighted by atomic mass is 10.4. The number of hydrogen-bond acceptors (Lipinski definition) is 4. The number of aromatic amines is 1. The summed E-state index contributed by atoms with van der Waals surface area (Å²) in [7, 11) is 1.71. The van der Waals surface area contributed by atoms with Crippen LogP contribution in [0.4, 0.5) is 5.69 Å². The van der Waals surface area contributed by atoms with E-state index >= 15 is 0 Å². The van der Waals surface area contributed by atoms with Crippen LogP contribution in [-0.2, 0) is 11.3 Å². The Bertz CT molecular complexity index is 555. The first kappa shape index (κ1) is 11.4. The molecule has 0 aromatic carbocycles. The SMILES string of the molecule is CN(C(=O)Cn1cc(N)c(=O)[nH]c1=O)C1CC1. The maximum absolute atomic E-state index is 11.8. The van der Waals surface area contributed by atoms with E-state index in [-0.39, 0.29) is 18.1 Å². The first-order valence-electron chi connectivity index (χ1n) is 5.34. The number of likely N-dealkylation sites (N-methyl/N-ethyl adjacent to an activating group) is 1. The van der Waals surface area contributed by atoms with Gasteiger partial charge in [0.2, 0.25) is 5.91 Å². The fourth-order valence-corrected chi connectivity index (χ4v) is 1.57. The molecule has 1 saturated carbocycles. The van der Waals surface area contributed by atoms with Crippen LogP contribution in [0, 0.1) is 0 Å². The van der Waals surface area contributed by atoms with E-state index < -0.39 is 11.2 Å². The lowest BCUT2D eigenvalue weighted by Crippen LogP contribution is -2.38. The molecule has 1 aromatic rings. The van der Waals surface area contributed by atoms with Gasteiger partial charge in [0.1, 0.15) is 12.2 Å². The normalized spacial score (nSPS) is 14.6. The second-order valence-electron chi connectivity index (χ2n) is 4.21. The van der Waals surface area contributed by atoms with Gasteiger partial charge in [0, 0.05) is 19.3 Å². The Kier molecular flexibility index (Phi) is 2.74. The zero-order valence-corrected chi connectivity index (χ0v) is 9.47. The summed E-state index contributed by atoms with van der Waals surface area (Å²) in [5.74, 6) is -0.166. The third-order valence-electron chi connectivity index (χ3n) is 2.83. The number of hydrogen-bond donors (Lipinski definition) is 2. The number of aromatic nitrogens is 2. The van der Waals surface area contributed by atoms with Crippen molar-refractivity contribution in [1.29, 1.82) is 0 Å². The second-order valence-corrected chi connectivity index (χ2v) is 4.21. The third kappa shape index (κ3) is 2.38. The minimum Gasteiger partial charge on any atom is -0.393 e. The van der Waals surface area contributed by atoms with E-state index in [0.717, 1.165) is 17.4 Å². The molecule has 0 bridgehead atoms. The van der Waals surface area contributed by atoms with Gasteiger partial charge in [0.05, 0.1) is 0 Å². The topological polar surface area (TPSA) is 101 Å². The Morgan fingerprint density at radius 2 is 2.24 bits per heavy atom. The van der Waals surface area contributed by atoms with Gasteiger partial charge in [-0.2, -0.15) is 0 Å². The minimum absolute atomic E-state index is 0.0773. The second kappa shape index (κ2) is 4.08. The van der Waals surface area contributed by atoms with E-state index in [1.165, 1.54) is 6.20 Å². The van der Waals surface area contributed by atoms with Gasteiger partial charge in [0.25, 0.3) is 5.56 Å².